The monoisotopic (exact) mass is 297 g/mol. The van der Waals surface area contributed by atoms with Gasteiger partial charge in [0.05, 0.1) is 26.7 Å². The van der Waals surface area contributed by atoms with Crippen LogP contribution in [0.15, 0.2) is 18.2 Å². The smallest absolute Gasteiger partial charge is 0.310 e. The van der Waals surface area contributed by atoms with E-state index >= 15 is 0 Å². The predicted octanol–water partition coefficient (Wildman–Crippen LogP) is 1.25. The molecule has 5 nitrogen and oxygen atoms in total. The molecule has 21 heavy (non-hydrogen) atoms. The lowest BCUT2D eigenvalue weighted by molar-refractivity contribution is -0.139. The van der Waals surface area contributed by atoms with E-state index in [1.165, 1.54) is 13.2 Å². The first-order valence-electron chi connectivity index (χ1n) is 6.97. The van der Waals surface area contributed by atoms with E-state index in [-0.39, 0.29) is 6.42 Å². The summed E-state index contributed by atoms with van der Waals surface area (Å²) in [5.74, 6) is -0.450. The standard InChI is InChI=1S/C15H20FNO4/c1-19-15(18)10-12-2-3-13(11-14(12)16)21-9-6-17-4-7-20-8-5-17/h2-3,11H,4-10H2,1H3. The molecule has 1 aliphatic heterocycles. The van der Waals surface area contributed by atoms with Gasteiger partial charge in [-0.25, -0.2) is 4.39 Å². The highest BCUT2D eigenvalue weighted by molar-refractivity contribution is 5.72. The van der Waals surface area contributed by atoms with E-state index in [0.29, 0.717) is 17.9 Å². The fourth-order valence-corrected chi connectivity index (χ4v) is 2.11. The van der Waals surface area contributed by atoms with E-state index in [9.17, 15) is 9.18 Å². The van der Waals surface area contributed by atoms with E-state index < -0.39 is 11.8 Å². The van der Waals surface area contributed by atoms with Crippen molar-refractivity contribution in [2.75, 3.05) is 46.6 Å². The molecule has 0 unspecified atom stereocenters. The summed E-state index contributed by atoms with van der Waals surface area (Å²) in [6.07, 6.45) is -0.0730. The van der Waals surface area contributed by atoms with Crippen LogP contribution in [0.3, 0.4) is 0 Å². The molecule has 0 amide bonds. The number of carbonyl (C=O) groups excluding carboxylic acids is 1. The minimum absolute atomic E-state index is 0.0730. The number of benzene rings is 1. The van der Waals surface area contributed by atoms with Gasteiger partial charge >= 0.3 is 5.97 Å². The molecule has 116 valence electrons. The first-order valence-corrected chi connectivity index (χ1v) is 6.97. The number of halogens is 1. The van der Waals surface area contributed by atoms with Crippen LogP contribution in [0.2, 0.25) is 0 Å². The lowest BCUT2D eigenvalue weighted by Gasteiger charge is -2.26. The van der Waals surface area contributed by atoms with Crippen LogP contribution in [0.5, 0.6) is 5.75 Å². The molecule has 0 spiro atoms. The third-order valence-electron chi connectivity index (χ3n) is 3.37. The normalized spacial score (nSPS) is 15.7. The first-order chi connectivity index (χ1) is 10.2. The third kappa shape index (κ3) is 4.99. The highest BCUT2D eigenvalue weighted by Gasteiger charge is 2.11. The van der Waals surface area contributed by atoms with Gasteiger partial charge < -0.3 is 14.2 Å². The summed E-state index contributed by atoms with van der Waals surface area (Å²) in [6, 6.07) is 4.52. The zero-order valence-electron chi connectivity index (χ0n) is 12.1. The number of carbonyl (C=O) groups is 1. The van der Waals surface area contributed by atoms with Crippen LogP contribution in [0.25, 0.3) is 0 Å². The van der Waals surface area contributed by atoms with Crippen LogP contribution in [0, 0.1) is 5.82 Å². The molecule has 0 N–H and O–H groups in total. The molecular weight excluding hydrogens is 277 g/mol. The molecule has 1 fully saturated rings. The van der Waals surface area contributed by atoms with Crippen LogP contribution >= 0.6 is 0 Å². The van der Waals surface area contributed by atoms with Crippen molar-refractivity contribution >= 4 is 5.97 Å². The van der Waals surface area contributed by atoms with E-state index in [2.05, 4.69) is 9.64 Å². The van der Waals surface area contributed by atoms with E-state index in [4.69, 9.17) is 9.47 Å². The van der Waals surface area contributed by atoms with Gasteiger partial charge in [0.1, 0.15) is 18.2 Å². The molecule has 0 radical (unpaired) electrons. The van der Waals surface area contributed by atoms with Gasteiger partial charge in [0, 0.05) is 25.7 Å². The number of esters is 1. The SMILES string of the molecule is COC(=O)Cc1ccc(OCCN2CCOCC2)cc1F. The van der Waals surface area contributed by atoms with Gasteiger partial charge in [-0.2, -0.15) is 0 Å². The maximum Gasteiger partial charge on any atom is 0.310 e. The summed E-state index contributed by atoms with van der Waals surface area (Å²) in [5.41, 5.74) is 0.308. The van der Waals surface area contributed by atoms with Crippen LogP contribution in [0.4, 0.5) is 4.39 Å². The second-order valence-electron chi connectivity index (χ2n) is 4.81. The van der Waals surface area contributed by atoms with Crippen molar-refractivity contribution in [3.8, 4) is 5.75 Å². The van der Waals surface area contributed by atoms with Gasteiger partial charge in [0.25, 0.3) is 0 Å². The number of hydrogen-bond donors (Lipinski definition) is 0. The van der Waals surface area contributed by atoms with Crippen LogP contribution in [-0.2, 0) is 20.7 Å². The molecule has 0 atom stereocenters. The number of ether oxygens (including phenoxy) is 3. The maximum absolute atomic E-state index is 13.8. The Morgan fingerprint density at radius 2 is 2.14 bits per heavy atom. The number of rotatable bonds is 6. The molecule has 0 saturated carbocycles. The summed E-state index contributed by atoms with van der Waals surface area (Å²) in [5, 5.41) is 0. The predicted molar refractivity (Wildman–Crippen MR) is 74.9 cm³/mol. The second kappa shape index (κ2) is 7.95. The summed E-state index contributed by atoms with van der Waals surface area (Å²) in [7, 11) is 1.28. The zero-order valence-corrected chi connectivity index (χ0v) is 12.1. The molecule has 1 heterocycles. The topological polar surface area (TPSA) is 48.0 Å². The van der Waals surface area contributed by atoms with E-state index in [0.717, 1.165) is 32.8 Å². The summed E-state index contributed by atoms with van der Waals surface area (Å²) in [6.45, 7) is 4.57. The Morgan fingerprint density at radius 1 is 1.38 bits per heavy atom. The molecule has 0 bridgehead atoms. The molecule has 1 aromatic carbocycles. The van der Waals surface area contributed by atoms with Gasteiger partial charge in [-0.05, 0) is 11.6 Å². The van der Waals surface area contributed by atoms with Crippen molar-refractivity contribution in [1.82, 2.24) is 4.90 Å². The molecule has 2 rings (SSSR count). The highest BCUT2D eigenvalue weighted by atomic mass is 19.1. The highest BCUT2D eigenvalue weighted by Crippen LogP contribution is 2.17. The number of nitrogens with zero attached hydrogens (tertiary/aromatic N) is 1. The number of methoxy groups -OCH3 is 1. The number of morpholine rings is 1. The van der Waals surface area contributed by atoms with Gasteiger partial charge in [0.2, 0.25) is 0 Å². The summed E-state index contributed by atoms with van der Waals surface area (Å²) < 4.78 is 29.1. The fourth-order valence-electron chi connectivity index (χ4n) is 2.11. The van der Waals surface area contributed by atoms with Crippen molar-refractivity contribution in [1.29, 1.82) is 0 Å². The minimum atomic E-state index is -0.463. The van der Waals surface area contributed by atoms with Crippen LogP contribution in [0.1, 0.15) is 5.56 Å². The minimum Gasteiger partial charge on any atom is -0.492 e. The molecule has 1 aliphatic rings. The van der Waals surface area contributed by atoms with E-state index in [1.54, 1.807) is 12.1 Å². The summed E-state index contributed by atoms with van der Waals surface area (Å²) >= 11 is 0. The van der Waals surface area contributed by atoms with Gasteiger partial charge in [-0.1, -0.05) is 6.07 Å². The van der Waals surface area contributed by atoms with E-state index in [1.807, 2.05) is 0 Å². The number of hydrogen-bond acceptors (Lipinski definition) is 5. The van der Waals surface area contributed by atoms with Crippen molar-refractivity contribution < 1.29 is 23.4 Å². The Hall–Kier alpha value is -1.66. The molecular formula is C15H20FNO4. The second-order valence-corrected chi connectivity index (χ2v) is 4.81. The molecule has 0 aliphatic carbocycles. The maximum atomic E-state index is 13.8. The Kier molecular flexibility index (Phi) is 5.95. The fraction of sp³-hybridized carbons (Fsp3) is 0.533. The first kappa shape index (κ1) is 15.7. The molecule has 1 saturated heterocycles. The third-order valence-corrected chi connectivity index (χ3v) is 3.37. The Labute approximate surface area is 123 Å². The zero-order chi connectivity index (χ0) is 15.1. The van der Waals surface area contributed by atoms with Crippen molar-refractivity contribution in [3.63, 3.8) is 0 Å². The summed E-state index contributed by atoms with van der Waals surface area (Å²) in [4.78, 5) is 13.4. The van der Waals surface area contributed by atoms with Crippen molar-refractivity contribution in [2.24, 2.45) is 0 Å². The lowest BCUT2D eigenvalue weighted by Crippen LogP contribution is -2.38. The molecule has 0 aromatic heterocycles. The quantitative estimate of drug-likeness (QED) is 0.740. The molecule has 1 aromatic rings. The van der Waals surface area contributed by atoms with Gasteiger partial charge in [0.15, 0.2) is 0 Å². The Morgan fingerprint density at radius 3 is 2.81 bits per heavy atom. The Bertz CT molecular complexity index is 475. The van der Waals surface area contributed by atoms with Crippen LogP contribution < -0.4 is 4.74 Å². The van der Waals surface area contributed by atoms with Crippen LogP contribution in [-0.4, -0.2) is 57.4 Å². The molecule has 6 heteroatoms. The van der Waals surface area contributed by atoms with Crippen molar-refractivity contribution in [2.45, 2.75) is 6.42 Å². The Balaban J connectivity index is 1.80. The average Bonchev–Trinajstić information content (AvgIpc) is 2.51. The van der Waals surface area contributed by atoms with Crippen molar-refractivity contribution in [3.05, 3.63) is 29.6 Å². The largest absolute Gasteiger partial charge is 0.492 e. The van der Waals surface area contributed by atoms with Gasteiger partial charge in [-0.3, -0.25) is 9.69 Å². The van der Waals surface area contributed by atoms with Gasteiger partial charge in [-0.15, -0.1) is 0 Å². The average molecular weight is 297 g/mol. The lowest BCUT2D eigenvalue weighted by atomic mass is 10.1.